The summed E-state index contributed by atoms with van der Waals surface area (Å²) in [4.78, 5) is 21.8. The van der Waals surface area contributed by atoms with E-state index >= 15 is 0 Å². The first kappa shape index (κ1) is 13.0. The molecule has 1 aromatic carbocycles. The van der Waals surface area contributed by atoms with E-state index in [9.17, 15) is 9.59 Å². The van der Waals surface area contributed by atoms with E-state index < -0.39 is 5.91 Å². The molecule has 0 fully saturated rings. The van der Waals surface area contributed by atoms with Crippen LogP contribution in [0, 0.1) is 0 Å². The van der Waals surface area contributed by atoms with Crippen molar-refractivity contribution in [3.63, 3.8) is 0 Å². The molecule has 0 aliphatic rings. The molecule has 6 nitrogen and oxygen atoms in total. The number of carbonyl (C=O) groups excluding carboxylic acids is 2. The minimum atomic E-state index is -0.557. The van der Waals surface area contributed by atoms with Crippen molar-refractivity contribution in [3.05, 3.63) is 24.3 Å². The summed E-state index contributed by atoms with van der Waals surface area (Å²) >= 11 is 0. The molecule has 0 spiro atoms. The summed E-state index contributed by atoms with van der Waals surface area (Å²) in [6.07, 6.45) is 0. The molecular weight excluding hydrogens is 224 g/mol. The van der Waals surface area contributed by atoms with Gasteiger partial charge in [-0.05, 0) is 12.1 Å². The van der Waals surface area contributed by atoms with Gasteiger partial charge < -0.3 is 20.5 Å². The second-order valence-electron chi connectivity index (χ2n) is 3.26. The normalized spacial score (nSPS) is 9.71. The highest BCUT2D eigenvalue weighted by atomic mass is 16.5. The Bertz CT molecular complexity index is 406. The van der Waals surface area contributed by atoms with E-state index in [0.29, 0.717) is 11.4 Å². The minimum Gasteiger partial charge on any atom is -0.484 e. The summed E-state index contributed by atoms with van der Waals surface area (Å²) in [5, 5.41) is 2.61. The summed E-state index contributed by atoms with van der Waals surface area (Å²) < 4.78 is 9.77. The first-order chi connectivity index (χ1) is 8.11. The van der Waals surface area contributed by atoms with Gasteiger partial charge in [0.1, 0.15) is 12.4 Å². The Hall–Kier alpha value is -2.08. The van der Waals surface area contributed by atoms with Crippen LogP contribution in [0.3, 0.4) is 0 Å². The number of methoxy groups -OCH3 is 1. The molecule has 0 saturated carbocycles. The van der Waals surface area contributed by atoms with Gasteiger partial charge in [0.2, 0.25) is 5.91 Å². The van der Waals surface area contributed by atoms with Crippen molar-refractivity contribution < 1.29 is 19.1 Å². The summed E-state index contributed by atoms with van der Waals surface area (Å²) in [7, 11) is 1.44. The Morgan fingerprint density at radius 3 is 2.76 bits per heavy atom. The van der Waals surface area contributed by atoms with Gasteiger partial charge in [0, 0.05) is 18.9 Å². The Kier molecular flexibility index (Phi) is 4.96. The van der Waals surface area contributed by atoms with Crippen LogP contribution in [0.25, 0.3) is 0 Å². The molecule has 0 atom stereocenters. The molecule has 0 saturated heterocycles. The summed E-state index contributed by atoms with van der Waals surface area (Å²) in [5.41, 5.74) is 5.51. The number of carbonyl (C=O) groups is 2. The van der Waals surface area contributed by atoms with E-state index in [1.54, 1.807) is 24.3 Å². The molecule has 0 aliphatic heterocycles. The predicted molar refractivity (Wildman–Crippen MR) is 61.6 cm³/mol. The third-order valence-corrected chi connectivity index (χ3v) is 1.77. The minimum absolute atomic E-state index is 0.0215. The lowest BCUT2D eigenvalue weighted by Crippen LogP contribution is -2.20. The molecule has 0 aromatic heterocycles. The van der Waals surface area contributed by atoms with Crippen molar-refractivity contribution in [3.8, 4) is 5.75 Å². The third-order valence-electron chi connectivity index (χ3n) is 1.77. The van der Waals surface area contributed by atoms with Crippen LogP contribution in [0.1, 0.15) is 0 Å². The van der Waals surface area contributed by atoms with Gasteiger partial charge in [0.05, 0.1) is 0 Å². The maximum Gasteiger partial charge on any atom is 0.255 e. The second-order valence-corrected chi connectivity index (χ2v) is 3.26. The van der Waals surface area contributed by atoms with E-state index in [1.807, 2.05) is 0 Å². The van der Waals surface area contributed by atoms with Gasteiger partial charge in [-0.3, -0.25) is 9.59 Å². The number of nitrogens with two attached hydrogens (primary N) is 1. The number of hydrogen-bond acceptors (Lipinski definition) is 4. The van der Waals surface area contributed by atoms with Crippen LogP contribution in [0.4, 0.5) is 5.69 Å². The molecule has 3 N–H and O–H groups in total. The van der Waals surface area contributed by atoms with Gasteiger partial charge in [0.15, 0.2) is 6.61 Å². The van der Waals surface area contributed by atoms with E-state index in [0.717, 1.165) is 0 Å². The highest BCUT2D eigenvalue weighted by Gasteiger charge is 2.03. The lowest BCUT2D eigenvalue weighted by atomic mass is 10.3. The number of benzene rings is 1. The van der Waals surface area contributed by atoms with Crippen LogP contribution >= 0.6 is 0 Å². The van der Waals surface area contributed by atoms with Crippen molar-refractivity contribution in [2.45, 2.75) is 0 Å². The molecule has 1 aromatic rings. The number of ether oxygens (including phenoxy) is 2. The fraction of sp³-hybridized carbons (Fsp3) is 0.273. The zero-order chi connectivity index (χ0) is 12.7. The van der Waals surface area contributed by atoms with E-state index in [-0.39, 0.29) is 19.1 Å². The predicted octanol–water partition coefficient (Wildman–Crippen LogP) is 0.136. The van der Waals surface area contributed by atoms with E-state index in [4.69, 9.17) is 10.5 Å². The molecule has 0 bridgehead atoms. The lowest BCUT2D eigenvalue weighted by molar-refractivity contribution is -0.120. The fourth-order valence-corrected chi connectivity index (χ4v) is 1.15. The van der Waals surface area contributed by atoms with Gasteiger partial charge in [-0.1, -0.05) is 6.07 Å². The number of primary amides is 1. The number of hydrogen-bond donors (Lipinski definition) is 2. The number of rotatable bonds is 6. The van der Waals surface area contributed by atoms with Gasteiger partial charge in [-0.15, -0.1) is 0 Å². The van der Waals surface area contributed by atoms with Crippen LogP contribution in [-0.4, -0.2) is 32.1 Å². The summed E-state index contributed by atoms with van der Waals surface area (Å²) in [5.74, 6) is -0.364. The molecule has 6 heteroatoms. The molecule has 0 radical (unpaired) electrons. The zero-order valence-corrected chi connectivity index (χ0v) is 9.43. The number of nitrogens with one attached hydrogen (secondary N) is 1. The molecule has 0 unspecified atom stereocenters. The lowest BCUT2D eigenvalue weighted by Gasteiger charge is -2.07. The standard InChI is InChI=1S/C11H14N2O4/c1-16-7-11(15)13-8-3-2-4-9(5-8)17-6-10(12)14/h2-5H,6-7H2,1H3,(H2,12,14)(H,13,15). The topological polar surface area (TPSA) is 90.7 Å². The highest BCUT2D eigenvalue weighted by Crippen LogP contribution is 2.17. The summed E-state index contributed by atoms with van der Waals surface area (Å²) in [6, 6.07) is 6.65. The Morgan fingerprint density at radius 1 is 1.35 bits per heavy atom. The average Bonchev–Trinajstić information content (AvgIpc) is 2.27. The molecule has 92 valence electrons. The van der Waals surface area contributed by atoms with Gasteiger partial charge in [-0.2, -0.15) is 0 Å². The maximum atomic E-state index is 11.2. The Morgan fingerprint density at radius 2 is 2.12 bits per heavy atom. The van der Waals surface area contributed by atoms with Gasteiger partial charge in [0.25, 0.3) is 5.91 Å². The van der Waals surface area contributed by atoms with Crippen LogP contribution < -0.4 is 15.8 Å². The van der Waals surface area contributed by atoms with Crippen LogP contribution in [0.15, 0.2) is 24.3 Å². The fourth-order valence-electron chi connectivity index (χ4n) is 1.15. The molecular formula is C11H14N2O4. The quantitative estimate of drug-likeness (QED) is 0.737. The van der Waals surface area contributed by atoms with Crippen LogP contribution in [0.5, 0.6) is 5.75 Å². The van der Waals surface area contributed by atoms with Crippen molar-refractivity contribution in [1.29, 1.82) is 0 Å². The molecule has 17 heavy (non-hydrogen) atoms. The third kappa shape index (κ3) is 4.98. The van der Waals surface area contributed by atoms with Gasteiger partial charge >= 0.3 is 0 Å². The van der Waals surface area contributed by atoms with Crippen molar-refractivity contribution in [2.24, 2.45) is 5.73 Å². The second kappa shape index (κ2) is 6.49. The highest BCUT2D eigenvalue weighted by molar-refractivity contribution is 5.91. The van der Waals surface area contributed by atoms with Crippen molar-refractivity contribution in [1.82, 2.24) is 0 Å². The average molecular weight is 238 g/mol. The monoisotopic (exact) mass is 238 g/mol. The molecule has 1 rings (SSSR count). The van der Waals surface area contributed by atoms with E-state index in [1.165, 1.54) is 7.11 Å². The first-order valence-electron chi connectivity index (χ1n) is 4.92. The zero-order valence-electron chi connectivity index (χ0n) is 9.43. The van der Waals surface area contributed by atoms with Crippen LogP contribution in [0.2, 0.25) is 0 Å². The number of amides is 2. The summed E-state index contributed by atoms with van der Waals surface area (Å²) in [6.45, 7) is -0.220. The van der Waals surface area contributed by atoms with Crippen molar-refractivity contribution in [2.75, 3.05) is 25.6 Å². The molecule has 2 amide bonds. The largest absolute Gasteiger partial charge is 0.484 e. The molecule has 0 heterocycles. The van der Waals surface area contributed by atoms with Crippen LogP contribution in [-0.2, 0) is 14.3 Å². The maximum absolute atomic E-state index is 11.2. The first-order valence-corrected chi connectivity index (χ1v) is 4.92. The number of anilines is 1. The molecule has 0 aliphatic carbocycles. The van der Waals surface area contributed by atoms with Crippen molar-refractivity contribution >= 4 is 17.5 Å². The van der Waals surface area contributed by atoms with E-state index in [2.05, 4.69) is 10.1 Å². The smallest absolute Gasteiger partial charge is 0.255 e. The Labute approximate surface area is 98.7 Å². The Balaban J connectivity index is 2.59. The van der Waals surface area contributed by atoms with Gasteiger partial charge in [-0.25, -0.2) is 0 Å². The SMILES string of the molecule is COCC(=O)Nc1cccc(OCC(N)=O)c1.